The van der Waals surface area contributed by atoms with Gasteiger partial charge in [-0.25, -0.2) is 4.79 Å². The molecule has 11 heteroatoms. The molecule has 7 N–H and O–H groups in total. The van der Waals surface area contributed by atoms with Crippen LogP contribution in [0.2, 0.25) is 0 Å². The van der Waals surface area contributed by atoms with Crippen LogP contribution < -0.4 is 21.7 Å². The number of carbonyl (C=O) groups excluding carboxylic acids is 3. The summed E-state index contributed by atoms with van der Waals surface area (Å²) in [7, 11) is 0. The van der Waals surface area contributed by atoms with E-state index in [2.05, 4.69) is 16.0 Å². The molecule has 0 fully saturated rings. The number of amides is 3. The quantitative estimate of drug-likeness (QED) is 0.186. The fraction of sp³-hybridized carbons (Fsp3) is 0.577. The molecule has 1 aromatic carbocycles. The zero-order valence-electron chi connectivity index (χ0n) is 21.9. The average Bonchev–Trinajstić information content (AvgIpc) is 2.80. The minimum Gasteiger partial charge on any atom is -0.481 e. The van der Waals surface area contributed by atoms with Gasteiger partial charge in [-0.1, -0.05) is 58.0 Å². The third-order valence-electron chi connectivity index (χ3n) is 5.58. The molecule has 0 spiro atoms. The lowest BCUT2D eigenvalue weighted by Crippen LogP contribution is -2.58. The summed E-state index contributed by atoms with van der Waals surface area (Å²) in [5.41, 5.74) is 6.54. The van der Waals surface area contributed by atoms with Gasteiger partial charge in [0.1, 0.15) is 18.1 Å². The smallest absolute Gasteiger partial charge is 0.326 e. The molecular formula is C26H40N4O7. The fourth-order valence-corrected chi connectivity index (χ4v) is 3.69. The van der Waals surface area contributed by atoms with Crippen molar-refractivity contribution >= 4 is 29.7 Å². The Bertz CT molecular complexity index is 921. The number of aliphatic carboxylic acids is 2. The van der Waals surface area contributed by atoms with Gasteiger partial charge in [-0.2, -0.15) is 0 Å². The third kappa shape index (κ3) is 12.4. The Morgan fingerprint density at radius 3 is 1.76 bits per heavy atom. The number of benzene rings is 1. The number of hydrogen-bond acceptors (Lipinski definition) is 6. The summed E-state index contributed by atoms with van der Waals surface area (Å²) in [6.07, 6.45) is 0.174. The van der Waals surface area contributed by atoms with E-state index in [-0.39, 0.29) is 43.9 Å². The molecule has 37 heavy (non-hydrogen) atoms. The van der Waals surface area contributed by atoms with Crippen LogP contribution in [0.25, 0.3) is 0 Å². The highest BCUT2D eigenvalue weighted by atomic mass is 16.4. The van der Waals surface area contributed by atoms with Gasteiger partial charge in [-0.15, -0.1) is 0 Å². The van der Waals surface area contributed by atoms with Crippen molar-refractivity contribution in [1.29, 1.82) is 0 Å². The monoisotopic (exact) mass is 520 g/mol. The maximum atomic E-state index is 13.2. The summed E-state index contributed by atoms with van der Waals surface area (Å²) in [4.78, 5) is 61.4. The number of nitrogens with one attached hydrogen (secondary N) is 3. The number of carboxylic acid groups (broad SMARTS) is 2. The van der Waals surface area contributed by atoms with Crippen molar-refractivity contribution in [3.05, 3.63) is 35.9 Å². The molecule has 0 radical (unpaired) electrons. The average molecular weight is 521 g/mol. The molecule has 1 rings (SSSR count). The molecule has 0 aliphatic carbocycles. The lowest BCUT2D eigenvalue weighted by atomic mass is 9.99. The second kappa shape index (κ2) is 15.6. The Balaban J connectivity index is 3.10. The van der Waals surface area contributed by atoms with Gasteiger partial charge in [0.05, 0.1) is 6.04 Å². The Morgan fingerprint density at radius 1 is 0.757 bits per heavy atom. The van der Waals surface area contributed by atoms with Crippen molar-refractivity contribution < 1.29 is 34.2 Å². The maximum absolute atomic E-state index is 13.2. The van der Waals surface area contributed by atoms with E-state index in [4.69, 9.17) is 10.8 Å². The highest BCUT2D eigenvalue weighted by molar-refractivity contribution is 5.94. The summed E-state index contributed by atoms with van der Waals surface area (Å²) in [6.45, 7) is 7.39. The number of carbonyl (C=O) groups is 5. The van der Waals surface area contributed by atoms with Gasteiger partial charge >= 0.3 is 11.9 Å². The third-order valence-corrected chi connectivity index (χ3v) is 5.58. The van der Waals surface area contributed by atoms with Crippen LogP contribution in [-0.4, -0.2) is 64.0 Å². The highest BCUT2D eigenvalue weighted by Crippen LogP contribution is 2.10. The Hall–Kier alpha value is -3.47. The fourth-order valence-electron chi connectivity index (χ4n) is 3.69. The lowest BCUT2D eigenvalue weighted by Gasteiger charge is -2.26. The zero-order chi connectivity index (χ0) is 28.1. The number of nitrogens with two attached hydrogens (primary N) is 1. The molecule has 1 aromatic rings. The van der Waals surface area contributed by atoms with Gasteiger partial charge in [-0.3, -0.25) is 19.2 Å². The number of hydrogen-bond donors (Lipinski definition) is 6. The summed E-state index contributed by atoms with van der Waals surface area (Å²) in [5, 5.41) is 26.1. The first-order valence-corrected chi connectivity index (χ1v) is 12.4. The van der Waals surface area contributed by atoms with Gasteiger partial charge in [0.25, 0.3) is 0 Å². The van der Waals surface area contributed by atoms with Gasteiger partial charge in [0.2, 0.25) is 17.7 Å². The molecule has 4 unspecified atom stereocenters. The van der Waals surface area contributed by atoms with Gasteiger partial charge in [-0.05, 0) is 36.7 Å². The van der Waals surface area contributed by atoms with Crippen molar-refractivity contribution in [1.82, 2.24) is 16.0 Å². The van der Waals surface area contributed by atoms with E-state index in [9.17, 15) is 29.1 Å². The highest BCUT2D eigenvalue weighted by Gasteiger charge is 2.31. The van der Waals surface area contributed by atoms with E-state index in [0.29, 0.717) is 0 Å². The first kappa shape index (κ1) is 31.6. The Morgan fingerprint density at radius 2 is 1.24 bits per heavy atom. The molecular weight excluding hydrogens is 480 g/mol. The van der Waals surface area contributed by atoms with Gasteiger partial charge in [0.15, 0.2) is 0 Å². The van der Waals surface area contributed by atoms with Crippen molar-refractivity contribution in [2.75, 3.05) is 0 Å². The van der Waals surface area contributed by atoms with Crippen molar-refractivity contribution in [3.63, 3.8) is 0 Å². The zero-order valence-corrected chi connectivity index (χ0v) is 21.9. The normalized spacial score (nSPS) is 14.4. The molecule has 0 bridgehead atoms. The first-order valence-electron chi connectivity index (χ1n) is 12.4. The van der Waals surface area contributed by atoms with Gasteiger partial charge < -0.3 is 31.9 Å². The van der Waals surface area contributed by atoms with Crippen LogP contribution in [0.5, 0.6) is 0 Å². The molecule has 11 nitrogen and oxygen atoms in total. The van der Waals surface area contributed by atoms with Crippen LogP contribution in [0.3, 0.4) is 0 Å². The maximum Gasteiger partial charge on any atom is 0.326 e. The molecule has 0 aliphatic heterocycles. The van der Waals surface area contributed by atoms with Gasteiger partial charge in [0, 0.05) is 12.8 Å². The SMILES string of the molecule is CC(C)CC(NC(=O)C(Cc1ccccc1)NC(=O)C(CC(C)C)NC(=O)C(N)CCC(=O)O)C(=O)O. The molecule has 206 valence electrons. The molecule has 3 amide bonds. The molecule has 0 aromatic heterocycles. The van der Waals surface area contributed by atoms with Crippen LogP contribution in [0, 0.1) is 11.8 Å². The molecule has 0 aliphatic rings. The van der Waals surface area contributed by atoms with E-state index >= 15 is 0 Å². The Labute approximate surface area is 217 Å². The minimum absolute atomic E-state index is 0.00451. The number of rotatable bonds is 16. The van der Waals surface area contributed by atoms with E-state index in [1.54, 1.807) is 24.3 Å². The predicted molar refractivity (Wildman–Crippen MR) is 137 cm³/mol. The van der Waals surface area contributed by atoms with Crippen molar-refractivity contribution in [2.24, 2.45) is 17.6 Å². The summed E-state index contributed by atoms with van der Waals surface area (Å²) >= 11 is 0. The van der Waals surface area contributed by atoms with Crippen LogP contribution in [0.4, 0.5) is 0 Å². The topological polar surface area (TPSA) is 188 Å². The van der Waals surface area contributed by atoms with Crippen LogP contribution in [0.15, 0.2) is 30.3 Å². The molecule has 0 saturated heterocycles. The van der Waals surface area contributed by atoms with Crippen molar-refractivity contribution in [2.45, 2.75) is 84.0 Å². The lowest BCUT2D eigenvalue weighted by molar-refractivity contribution is -0.143. The molecule has 0 heterocycles. The summed E-state index contributed by atoms with van der Waals surface area (Å²) in [6, 6.07) is 4.57. The minimum atomic E-state index is -1.17. The first-order chi connectivity index (χ1) is 17.3. The van der Waals surface area contributed by atoms with E-state index < -0.39 is 53.8 Å². The number of carboxylic acids is 2. The Kier molecular flexibility index (Phi) is 13.3. The van der Waals surface area contributed by atoms with Crippen LogP contribution >= 0.6 is 0 Å². The molecule has 4 atom stereocenters. The van der Waals surface area contributed by atoms with Crippen molar-refractivity contribution in [3.8, 4) is 0 Å². The van der Waals surface area contributed by atoms with Crippen LogP contribution in [0.1, 0.15) is 58.9 Å². The van der Waals surface area contributed by atoms with E-state index in [0.717, 1.165) is 5.56 Å². The standard InChI is InChI=1S/C26H40N4O7/c1-15(2)12-19(28-23(33)18(27)10-11-22(31)32)24(34)29-20(14-17-8-6-5-7-9-17)25(35)30-21(26(36)37)13-16(3)4/h5-9,15-16,18-21H,10-14,27H2,1-4H3,(H,28,33)(H,29,34)(H,30,35)(H,31,32)(H,36,37). The summed E-state index contributed by atoms with van der Waals surface area (Å²) in [5.74, 6) is -4.21. The second-order valence-corrected chi connectivity index (χ2v) is 10.0. The largest absolute Gasteiger partial charge is 0.481 e. The van der Waals surface area contributed by atoms with E-state index in [1.165, 1.54) is 0 Å². The summed E-state index contributed by atoms with van der Waals surface area (Å²) < 4.78 is 0. The molecule has 0 saturated carbocycles. The predicted octanol–water partition coefficient (Wildman–Crippen LogP) is 1.05. The van der Waals surface area contributed by atoms with E-state index in [1.807, 2.05) is 33.8 Å². The van der Waals surface area contributed by atoms with Crippen LogP contribution in [-0.2, 0) is 30.4 Å². The second-order valence-electron chi connectivity index (χ2n) is 10.0.